The van der Waals surface area contributed by atoms with Crippen molar-refractivity contribution >= 4 is 27.5 Å². The number of carbonyl (C=O) groups excluding carboxylic acids is 1. The lowest BCUT2D eigenvalue weighted by atomic mass is 9.79. The van der Waals surface area contributed by atoms with Crippen molar-refractivity contribution in [3.05, 3.63) is 29.3 Å². The molecule has 1 atom stereocenters. The molecule has 0 N–H and O–H groups in total. The highest BCUT2D eigenvalue weighted by Crippen LogP contribution is 2.40. The van der Waals surface area contributed by atoms with E-state index in [9.17, 15) is 4.79 Å². The van der Waals surface area contributed by atoms with Crippen molar-refractivity contribution in [3.8, 4) is 0 Å². The molecule has 5 rings (SSSR count). The Morgan fingerprint density at radius 2 is 2.07 bits per heavy atom. The maximum absolute atomic E-state index is 12.8. The van der Waals surface area contributed by atoms with Gasteiger partial charge in [-0.2, -0.15) is 0 Å². The summed E-state index contributed by atoms with van der Waals surface area (Å²) in [6, 6.07) is 8.24. The second kappa shape index (κ2) is 7.17. The molecule has 1 aromatic carbocycles. The quantitative estimate of drug-likeness (QED) is 0.784. The molecule has 2 saturated heterocycles. The van der Waals surface area contributed by atoms with E-state index in [0.717, 1.165) is 36.0 Å². The zero-order chi connectivity index (χ0) is 18.3. The van der Waals surface area contributed by atoms with E-state index in [1.54, 1.807) is 11.3 Å². The molecule has 4 nitrogen and oxygen atoms in total. The van der Waals surface area contributed by atoms with E-state index < -0.39 is 0 Å². The summed E-state index contributed by atoms with van der Waals surface area (Å²) >= 11 is 1.73. The van der Waals surface area contributed by atoms with E-state index in [4.69, 9.17) is 0 Å². The van der Waals surface area contributed by atoms with Crippen LogP contribution in [0.15, 0.2) is 24.3 Å². The molecule has 144 valence electrons. The van der Waals surface area contributed by atoms with E-state index in [0.29, 0.717) is 17.7 Å². The summed E-state index contributed by atoms with van der Waals surface area (Å²) in [5, 5.41) is 1.09. The topological polar surface area (TPSA) is 36.4 Å². The zero-order valence-electron chi connectivity index (χ0n) is 16.0. The molecule has 1 aliphatic carbocycles. The monoisotopic (exact) mass is 383 g/mol. The Hall–Kier alpha value is -1.46. The first-order chi connectivity index (χ1) is 13.2. The Morgan fingerprint density at radius 1 is 1.19 bits per heavy atom. The predicted molar refractivity (Wildman–Crippen MR) is 110 cm³/mol. The van der Waals surface area contributed by atoms with E-state index in [-0.39, 0.29) is 0 Å². The zero-order valence-corrected chi connectivity index (χ0v) is 16.8. The van der Waals surface area contributed by atoms with Gasteiger partial charge in [-0.05, 0) is 56.7 Å². The Balaban J connectivity index is 1.16. The number of rotatable bonds is 5. The van der Waals surface area contributed by atoms with Crippen molar-refractivity contribution < 1.29 is 4.79 Å². The number of nitrogens with zero attached hydrogens (tertiary/aromatic N) is 3. The molecule has 2 aromatic rings. The summed E-state index contributed by atoms with van der Waals surface area (Å²) in [4.78, 5) is 22.3. The van der Waals surface area contributed by atoms with Crippen LogP contribution in [0.1, 0.15) is 43.5 Å². The van der Waals surface area contributed by atoms with Crippen LogP contribution in [0.2, 0.25) is 0 Å². The van der Waals surface area contributed by atoms with Gasteiger partial charge in [0.15, 0.2) is 0 Å². The van der Waals surface area contributed by atoms with Gasteiger partial charge < -0.3 is 9.80 Å². The van der Waals surface area contributed by atoms with Crippen LogP contribution in [-0.2, 0) is 11.2 Å². The second-order valence-corrected chi connectivity index (χ2v) is 10.0. The molecular formula is C22H29N3OS. The lowest BCUT2D eigenvalue weighted by Gasteiger charge is -2.40. The summed E-state index contributed by atoms with van der Waals surface area (Å²) in [6.45, 7) is 5.71. The maximum atomic E-state index is 12.8. The van der Waals surface area contributed by atoms with Crippen molar-refractivity contribution in [2.24, 2.45) is 11.3 Å². The highest BCUT2D eigenvalue weighted by molar-refractivity contribution is 7.18. The molecule has 5 heteroatoms. The van der Waals surface area contributed by atoms with Gasteiger partial charge in [0.05, 0.1) is 15.2 Å². The molecule has 3 fully saturated rings. The summed E-state index contributed by atoms with van der Waals surface area (Å²) in [5.41, 5.74) is 1.43. The average molecular weight is 384 g/mol. The molecule has 1 unspecified atom stereocenters. The number of aromatic nitrogens is 1. The van der Waals surface area contributed by atoms with Gasteiger partial charge in [-0.1, -0.05) is 12.1 Å². The Bertz CT molecular complexity index is 797. The number of hydrogen-bond acceptors (Lipinski definition) is 4. The molecule has 3 aliphatic rings. The van der Waals surface area contributed by atoms with Gasteiger partial charge in [-0.15, -0.1) is 11.3 Å². The highest BCUT2D eigenvalue weighted by Gasteiger charge is 2.43. The van der Waals surface area contributed by atoms with Crippen LogP contribution in [0.4, 0.5) is 0 Å². The van der Waals surface area contributed by atoms with Gasteiger partial charge in [0.25, 0.3) is 0 Å². The standard InChI is InChI=1S/C22H29N3OS/c26-21(9-8-20-23-18-4-1-2-5-19(18)27-20)25-13-11-22(16-25)10-3-12-24(15-22)14-17-6-7-17/h1-2,4-5,17H,3,6-16H2. The molecule has 1 amide bonds. The fraction of sp³-hybridized carbons (Fsp3) is 0.636. The van der Waals surface area contributed by atoms with Crippen molar-refractivity contribution in [2.75, 3.05) is 32.7 Å². The lowest BCUT2D eigenvalue weighted by molar-refractivity contribution is -0.130. The molecule has 1 spiro atoms. The Morgan fingerprint density at radius 3 is 2.93 bits per heavy atom. The van der Waals surface area contributed by atoms with E-state index >= 15 is 0 Å². The number of aryl methyl sites for hydroxylation is 1. The van der Waals surface area contributed by atoms with Gasteiger partial charge in [-0.25, -0.2) is 4.98 Å². The van der Waals surface area contributed by atoms with Gasteiger partial charge in [0.2, 0.25) is 5.91 Å². The summed E-state index contributed by atoms with van der Waals surface area (Å²) in [6.07, 6.45) is 8.04. The molecule has 0 bridgehead atoms. The number of hydrogen-bond donors (Lipinski definition) is 0. The third-order valence-corrected chi connectivity index (χ3v) is 7.73. The molecule has 1 saturated carbocycles. The lowest BCUT2D eigenvalue weighted by Crippen LogP contribution is -2.46. The number of thiazole rings is 1. The summed E-state index contributed by atoms with van der Waals surface area (Å²) in [5.74, 6) is 1.29. The molecule has 0 radical (unpaired) electrons. The van der Waals surface area contributed by atoms with E-state index in [1.165, 1.54) is 56.4 Å². The molecule has 3 heterocycles. The second-order valence-electron chi connectivity index (χ2n) is 8.92. The molecule has 2 aliphatic heterocycles. The number of benzene rings is 1. The summed E-state index contributed by atoms with van der Waals surface area (Å²) < 4.78 is 1.22. The maximum Gasteiger partial charge on any atom is 0.223 e. The number of likely N-dealkylation sites (tertiary alicyclic amines) is 2. The number of amides is 1. The third kappa shape index (κ3) is 3.90. The number of carbonyl (C=O) groups is 1. The fourth-order valence-electron chi connectivity index (χ4n) is 5.01. The molecule has 27 heavy (non-hydrogen) atoms. The number of para-hydroxylation sites is 1. The Labute approximate surface area is 165 Å². The van der Waals surface area contributed by atoms with Crippen LogP contribution in [0.25, 0.3) is 10.2 Å². The average Bonchev–Trinajstić information content (AvgIpc) is 3.24. The van der Waals surface area contributed by atoms with Crippen LogP contribution < -0.4 is 0 Å². The van der Waals surface area contributed by atoms with Crippen LogP contribution in [0.5, 0.6) is 0 Å². The van der Waals surface area contributed by atoms with Crippen LogP contribution >= 0.6 is 11.3 Å². The minimum atomic E-state index is 0.324. The largest absolute Gasteiger partial charge is 0.342 e. The number of piperidine rings is 1. The van der Waals surface area contributed by atoms with E-state index in [2.05, 4.69) is 33.0 Å². The van der Waals surface area contributed by atoms with Crippen LogP contribution in [-0.4, -0.2) is 53.4 Å². The van der Waals surface area contributed by atoms with Gasteiger partial charge in [0, 0.05) is 44.4 Å². The van der Waals surface area contributed by atoms with E-state index in [1.807, 2.05) is 6.07 Å². The first kappa shape index (κ1) is 17.6. The van der Waals surface area contributed by atoms with Crippen molar-refractivity contribution in [1.29, 1.82) is 0 Å². The minimum Gasteiger partial charge on any atom is -0.342 e. The van der Waals surface area contributed by atoms with Crippen LogP contribution in [0, 0.1) is 11.3 Å². The van der Waals surface area contributed by atoms with Crippen LogP contribution in [0.3, 0.4) is 0 Å². The molecular weight excluding hydrogens is 354 g/mol. The summed E-state index contributed by atoms with van der Waals surface area (Å²) in [7, 11) is 0. The highest BCUT2D eigenvalue weighted by atomic mass is 32.1. The number of fused-ring (bicyclic) bond motifs is 1. The third-order valence-electron chi connectivity index (χ3n) is 6.64. The fourth-order valence-corrected chi connectivity index (χ4v) is 5.98. The Kier molecular flexibility index (Phi) is 4.68. The minimum absolute atomic E-state index is 0.324. The smallest absolute Gasteiger partial charge is 0.223 e. The molecule has 1 aromatic heterocycles. The van der Waals surface area contributed by atoms with Gasteiger partial charge in [-0.3, -0.25) is 4.79 Å². The van der Waals surface area contributed by atoms with Crippen molar-refractivity contribution in [2.45, 2.75) is 44.9 Å². The van der Waals surface area contributed by atoms with Crippen molar-refractivity contribution in [3.63, 3.8) is 0 Å². The predicted octanol–water partition coefficient (Wildman–Crippen LogP) is 3.95. The van der Waals surface area contributed by atoms with Crippen molar-refractivity contribution in [1.82, 2.24) is 14.8 Å². The normalized spacial score (nSPS) is 26.3. The van der Waals surface area contributed by atoms with Gasteiger partial charge >= 0.3 is 0 Å². The first-order valence-electron chi connectivity index (χ1n) is 10.5. The van der Waals surface area contributed by atoms with Gasteiger partial charge in [0.1, 0.15) is 0 Å². The first-order valence-corrected chi connectivity index (χ1v) is 11.4. The SMILES string of the molecule is O=C(CCc1nc2ccccc2s1)N1CCC2(CCCN(CC3CC3)C2)C1.